The van der Waals surface area contributed by atoms with Gasteiger partial charge in [0.15, 0.2) is 0 Å². The molecule has 0 aliphatic rings. The number of nitrogens with zero attached hydrogens (tertiary/aromatic N) is 1. The van der Waals surface area contributed by atoms with Gasteiger partial charge in [-0.3, -0.25) is 4.98 Å². The van der Waals surface area contributed by atoms with E-state index in [0.717, 1.165) is 5.56 Å². The average Bonchev–Trinajstić information content (AvgIpc) is 2.84. The van der Waals surface area contributed by atoms with Gasteiger partial charge in [0.25, 0.3) is 0 Å². The number of ether oxygens (including phenoxy) is 1. The molecule has 5 nitrogen and oxygen atoms in total. The molecule has 2 heterocycles. The Bertz CT molecular complexity index is 793. The molecule has 0 unspecified atom stereocenters. The second kappa shape index (κ2) is 5.28. The number of carboxylic acid groups (broad SMARTS) is 1. The summed E-state index contributed by atoms with van der Waals surface area (Å²) < 4.78 is 11.1. The molecule has 0 amide bonds. The number of carboxylic acids is 1. The third-order valence-electron chi connectivity index (χ3n) is 3.23. The summed E-state index contributed by atoms with van der Waals surface area (Å²) in [6.45, 7) is 2.08. The van der Waals surface area contributed by atoms with E-state index >= 15 is 0 Å². The minimum atomic E-state index is -1.08. The first kappa shape index (κ1) is 13.2. The van der Waals surface area contributed by atoms with Crippen molar-refractivity contribution in [1.29, 1.82) is 0 Å². The number of aromatic nitrogens is 1. The van der Waals surface area contributed by atoms with Crippen molar-refractivity contribution in [3.63, 3.8) is 0 Å². The molecule has 3 rings (SSSR count). The monoisotopic (exact) mass is 283 g/mol. The van der Waals surface area contributed by atoms with Gasteiger partial charge in [0.1, 0.15) is 17.9 Å². The molecular weight excluding hydrogens is 270 g/mol. The Balaban J connectivity index is 1.97. The molecule has 0 radical (unpaired) electrons. The molecule has 0 spiro atoms. The molecule has 106 valence electrons. The first-order valence-electron chi connectivity index (χ1n) is 6.44. The van der Waals surface area contributed by atoms with Gasteiger partial charge in [-0.05, 0) is 25.1 Å². The maximum absolute atomic E-state index is 11.1. The Morgan fingerprint density at radius 1 is 1.33 bits per heavy atom. The molecule has 0 saturated heterocycles. The fraction of sp³-hybridized carbons (Fsp3) is 0.125. The number of benzene rings is 1. The van der Waals surface area contributed by atoms with E-state index in [1.54, 1.807) is 37.5 Å². The standard InChI is InChI=1S/C16H13NO4/c1-10-14-12(20-9-11-4-3-7-17-8-11)5-2-6-13(14)21-15(10)16(18)19/h2-8H,9H2,1H3,(H,18,19). The minimum absolute atomic E-state index is 0.0533. The highest BCUT2D eigenvalue weighted by Crippen LogP contribution is 2.33. The lowest BCUT2D eigenvalue weighted by molar-refractivity contribution is 0.0664. The van der Waals surface area contributed by atoms with E-state index in [1.807, 2.05) is 12.1 Å². The molecule has 1 N–H and O–H groups in total. The van der Waals surface area contributed by atoms with Crippen molar-refractivity contribution in [3.05, 3.63) is 59.6 Å². The highest BCUT2D eigenvalue weighted by Gasteiger charge is 2.19. The number of fused-ring (bicyclic) bond motifs is 1. The van der Waals surface area contributed by atoms with Crippen LogP contribution in [0, 0.1) is 6.92 Å². The molecule has 2 aromatic heterocycles. The lowest BCUT2D eigenvalue weighted by Crippen LogP contribution is -1.97. The highest BCUT2D eigenvalue weighted by atomic mass is 16.5. The third-order valence-corrected chi connectivity index (χ3v) is 3.23. The van der Waals surface area contributed by atoms with E-state index in [1.165, 1.54) is 0 Å². The predicted molar refractivity (Wildman–Crippen MR) is 76.5 cm³/mol. The molecule has 0 fully saturated rings. The topological polar surface area (TPSA) is 72.6 Å². The largest absolute Gasteiger partial charge is 0.488 e. The van der Waals surface area contributed by atoms with Gasteiger partial charge in [0.05, 0.1) is 5.39 Å². The maximum Gasteiger partial charge on any atom is 0.372 e. The summed E-state index contributed by atoms with van der Waals surface area (Å²) in [5.74, 6) is -0.533. The van der Waals surface area contributed by atoms with Crippen LogP contribution in [-0.4, -0.2) is 16.1 Å². The number of furan rings is 1. The van der Waals surface area contributed by atoms with Gasteiger partial charge < -0.3 is 14.3 Å². The Labute approximate surface area is 120 Å². The number of hydrogen-bond donors (Lipinski definition) is 1. The van der Waals surface area contributed by atoms with Gasteiger partial charge in [-0.15, -0.1) is 0 Å². The number of pyridine rings is 1. The minimum Gasteiger partial charge on any atom is -0.488 e. The zero-order valence-corrected chi connectivity index (χ0v) is 11.4. The van der Waals surface area contributed by atoms with Crippen LogP contribution in [0.1, 0.15) is 21.7 Å². The van der Waals surface area contributed by atoms with E-state index in [-0.39, 0.29) is 5.76 Å². The van der Waals surface area contributed by atoms with Crippen molar-refractivity contribution in [2.24, 2.45) is 0 Å². The third kappa shape index (κ3) is 2.45. The Hall–Kier alpha value is -2.82. The van der Waals surface area contributed by atoms with Crippen LogP contribution >= 0.6 is 0 Å². The summed E-state index contributed by atoms with van der Waals surface area (Å²) >= 11 is 0. The molecular formula is C16H13NO4. The molecule has 0 saturated carbocycles. The van der Waals surface area contributed by atoms with Gasteiger partial charge in [0.2, 0.25) is 5.76 Å². The van der Waals surface area contributed by atoms with Crippen molar-refractivity contribution in [2.75, 3.05) is 0 Å². The van der Waals surface area contributed by atoms with Crippen LogP contribution in [0.15, 0.2) is 47.1 Å². The zero-order chi connectivity index (χ0) is 14.8. The maximum atomic E-state index is 11.1. The van der Waals surface area contributed by atoms with Gasteiger partial charge in [0, 0.05) is 23.5 Å². The van der Waals surface area contributed by atoms with Crippen LogP contribution in [0.2, 0.25) is 0 Å². The number of carbonyl (C=O) groups is 1. The van der Waals surface area contributed by atoms with Crippen molar-refractivity contribution in [1.82, 2.24) is 4.98 Å². The van der Waals surface area contributed by atoms with E-state index in [9.17, 15) is 4.79 Å². The highest BCUT2D eigenvalue weighted by molar-refractivity contribution is 5.97. The van der Waals surface area contributed by atoms with Crippen LogP contribution in [0.25, 0.3) is 11.0 Å². The van der Waals surface area contributed by atoms with E-state index in [4.69, 9.17) is 14.3 Å². The van der Waals surface area contributed by atoms with Crippen LogP contribution in [-0.2, 0) is 6.61 Å². The first-order valence-corrected chi connectivity index (χ1v) is 6.44. The fourth-order valence-corrected chi connectivity index (χ4v) is 2.23. The van der Waals surface area contributed by atoms with Crippen LogP contribution in [0.4, 0.5) is 0 Å². The lowest BCUT2D eigenvalue weighted by Gasteiger charge is -2.07. The van der Waals surface area contributed by atoms with Gasteiger partial charge in [-0.25, -0.2) is 4.79 Å². The SMILES string of the molecule is Cc1c(C(=O)O)oc2cccc(OCc3cccnc3)c12. The number of hydrogen-bond acceptors (Lipinski definition) is 4. The number of rotatable bonds is 4. The van der Waals surface area contributed by atoms with Gasteiger partial charge in [-0.2, -0.15) is 0 Å². The molecule has 0 bridgehead atoms. The summed E-state index contributed by atoms with van der Waals surface area (Å²) in [7, 11) is 0. The van der Waals surface area contributed by atoms with E-state index < -0.39 is 5.97 Å². The smallest absolute Gasteiger partial charge is 0.372 e. The van der Waals surface area contributed by atoms with E-state index in [0.29, 0.717) is 28.9 Å². The number of aryl methyl sites for hydroxylation is 1. The summed E-state index contributed by atoms with van der Waals surface area (Å²) in [4.78, 5) is 15.2. The molecule has 3 aromatic rings. The fourth-order valence-electron chi connectivity index (χ4n) is 2.23. The van der Waals surface area contributed by atoms with Crippen LogP contribution < -0.4 is 4.74 Å². The molecule has 5 heteroatoms. The Kier molecular flexibility index (Phi) is 3.31. The van der Waals surface area contributed by atoms with Crippen molar-refractivity contribution in [3.8, 4) is 5.75 Å². The quantitative estimate of drug-likeness (QED) is 0.794. The predicted octanol–water partition coefficient (Wildman–Crippen LogP) is 3.41. The summed E-state index contributed by atoms with van der Waals surface area (Å²) in [6, 6.07) is 9.05. The van der Waals surface area contributed by atoms with Crippen molar-refractivity contribution in [2.45, 2.75) is 13.5 Å². The summed E-state index contributed by atoms with van der Waals surface area (Å²) in [5.41, 5.74) is 2.02. The first-order chi connectivity index (χ1) is 10.2. The van der Waals surface area contributed by atoms with Crippen molar-refractivity contribution >= 4 is 16.9 Å². The Morgan fingerprint density at radius 2 is 2.19 bits per heavy atom. The molecule has 21 heavy (non-hydrogen) atoms. The summed E-state index contributed by atoms with van der Waals surface area (Å²) in [6.07, 6.45) is 3.43. The van der Waals surface area contributed by atoms with E-state index in [2.05, 4.69) is 4.98 Å². The number of aromatic carboxylic acids is 1. The second-order valence-electron chi connectivity index (χ2n) is 4.64. The van der Waals surface area contributed by atoms with Crippen molar-refractivity contribution < 1.29 is 19.1 Å². The van der Waals surface area contributed by atoms with Crippen LogP contribution in [0.3, 0.4) is 0 Å². The summed E-state index contributed by atoms with van der Waals surface area (Å²) in [5, 5.41) is 9.82. The zero-order valence-electron chi connectivity index (χ0n) is 11.4. The Morgan fingerprint density at radius 3 is 2.90 bits per heavy atom. The van der Waals surface area contributed by atoms with Gasteiger partial charge >= 0.3 is 5.97 Å². The molecule has 0 atom stereocenters. The van der Waals surface area contributed by atoms with Gasteiger partial charge in [-0.1, -0.05) is 12.1 Å². The average molecular weight is 283 g/mol. The molecule has 0 aliphatic carbocycles. The van der Waals surface area contributed by atoms with Crippen LogP contribution in [0.5, 0.6) is 5.75 Å². The molecule has 0 aliphatic heterocycles. The molecule has 1 aromatic carbocycles. The second-order valence-corrected chi connectivity index (χ2v) is 4.64. The lowest BCUT2D eigenvalue weighted by atomic mass is 10.1. The normalized spacial score (nSPS) is 10.7.